The van der Waals surface area contributed by atoms with Crippen LogP contribution in [0.5, 0.6) is 0 Å². The molecule has 1 unspecified atom stereocenters. The lowest BCUT2D eigenvalue weighted by molar-refractivity contribution is 0.515. The molecule has 14 heavy (non-hydrogen) atoms. The third-order valence-corrected chi connectivity index (χ3v) is 3.32. The molecule has 2 heteroatoms. The highest BCUT2D eigenvalue weighted by atomic mass is 32.1. The van der Waals surface area contributed by atoms with Crippen molar-refractivity contribution < 1.29 is 0 Å². The summed E-state index contributed by atoms with van der Waals surface area (Å²) in [6.45, 7) is 4.32. The van der Waals surface area contributed by atoms with Crippen LogP contribution in [0.3, 0.4) is 0 Å². The van der Waals surface area contributed by atoms with Gasteiger partial charge in [-0.3, -0.25) is 0 Å². The molecule has 1 atom stereocenters. The van der Waals surface area contributed by atoms with Crippen LogP contribution in [0.1, 0.15) is 36.6 Å². The van der Waals surface area contributed by atoms with Gasteiger partial charge in [-0.25, -0.2) is 0 Å². The minimum Gasteiger partial charge on any atom is -0.192 e. The minimum atomic E-state index is 0.395. The Balaban J connectivity index is 2.90. The van der Waals surface area contributed by atoms with Crippen LogP contribution in [-0.2, 0) is 0 Å². The van der Waals surface area contributed by atoms with Crippen LogP contribution in [0.25, 0.3) is 0 Å². The fraction of sp³-hybridized carbons (Fsp3) is 0.417. The van der Waals surface area contributed by atoms with E-state index >= 15 is 0 Å². The molecule has 72 valence electrons. The average Bonchev–Trinajstić information content (AvgIpc) is 2.61. The first kappa shape index (κ1) is 10.8. The van der Waals surface area contributed by atoms with Gasteiger partial charge in [0.1, 0.15) is 6.07 Å². The van der Waals surface area contributed by atoms with E-state index in [1.54, 1.807) is 11.3 Å². The highest BCUT2D eigenvalue weighted by molar-refractivity contribution is 7.10. The first-order chi connectivity index (χ1) is 6.69. The number of hydrogen-bond donors (Lipinski definition) is 0. The highest BCUT2D eigenvalue weighted by Crippen LogP contribution is 2.32. The van der Waals surface area contributed by atoms with Gasteiger partial charge in [0, 0.05) is 22.6 Å². The smallest absolute Gasteiger partial charge is 0.100 e. The number of nitriles is 1. The quantitative estimate of drug-likeness (QED) is 0.691. The predicted octanol–water partition coefficient (Wildman–Crippen LogP) is 3.38. The van der Waals surface area contributed by atoms with Crippen molar-refractivity contribution in [2.75, 3.05) is 0 Å². The largest absolute Gasteiger partial charge is 0.192 e. The van der Waals surface area contributed by atoms with Crippen molar-refractivity contribution in [1.29, 1.82) is 5.26 Å². The summed E-state index contributed by atoms with van der Waals surface area (Å²) in [5.74, 6) is 3.62. The average molecular weight is 203 g/mol. The van der Waals surface area contributed by atoms with Crippen LogP contribution in [0, 0.1) is 29.6 Å². The lowest BCUT2D eigenvalue weighted by Gasteiger charge is -2.16. The van der Waals surface area contributed by atoms with Crippen LogP contribution in [0.4, 0.5) is 0 Å². The van der Waals surface area contributed by atoms with Crippen molar-refractivity contribution in [3.63, 3.8) is 0 Å². The molecule has 1 aromatic rings. The Hall–Kier alpha value is -1.25. The fourth-order valence-corrected chi connectivity index (χ4v) is 2.51. The normalized spacial score (nSPS) is 12.1. The van der Waals surface area contributed by atoms with Crippen LogP contribution >= 0.6 is 11.3 Å². The molecule has 0 aliphatic rings. The number of terminal acetylenes is 1. The Morgan fingerprint density at radius 3 is 2.71 bits per heavy atom. The second-order valence-corrected chi connectivity index (χ2v) is 4.55. The third-order valence-electron chi connectivity index (χ3n) is 2.26. The van der Waals surface area contributed by atoms with Crippen molar-refractivity contribution in [2.24, 2.45) is 5.92 Å². The van der Waals surface area contributed by atoms with Gasteiger partial charge in [0.15, 0.2) is 0 Å². The highest BCUT2D eigenvalue weighted by Gasteiger charge is 2.16. The van der Waals surface area contributed by atoms with Crippen LogP contribution in [0.15, 0.2) is 11.4 Å². The minimum absolute atomic E-state index is 0.395. The summed E-state index contributed by atoms with van der Waals surface area (Å²) in [6, 6.07) is 4.09. The monoisotopic (exact) mass is 203 g/mol. The standard InChI is InChI=1S/C12H13NS/c1-4-5-11(9(2)3)12-6-10(7-13)8-14-12/h1,6,8-9,11H,5H2,2-3H3. The molecule has 0 N–H and O–H groups in total. The summed E-state index contributed by atoms with van der Waals surface area (Å²) in [5.41, 5.74) is 0.743. The van der Waals surface area contributed by atoms with Crippen LogP contribution < -0.4 is 0 Å². The summed E-state index contributed by atoms with van der Waals surface area (Å²) in [4.78, 5) is 1.23. The van der Waals surface area contributed by atoms with Gasteiger partial charge in [0.2, 0.25) is 0 Å². The molecule has 0 saturated carbocycles. The fourth-order valence-electron chi connectivity index (χ4n) is 1.40. The Bertz CT molecular complexity index is 376. The lowest BCUT2D eigenvalue weighted by atomic mass is 9.91. The van der Waals surface area contributed by atoms with Crippen LogP contribution in [-0.4, -0.2) is 0 Å². The summed E-state index contributed by atoms with van der Waals surface area (Å²) in [5, 5.41) is 10.6. The van der Waals surface area contributed by atoms with Crippen LogP contribution in [0.2, 0.25) is 0 Å². The summed E-state index contributed by atoms with van der Waals surface area (Å²) in [6.07, 6.45) is 6.09. The maximum absolute atomic E-state index is 8.72. The number of hydrogen-bond acceptors (Lipinski definition) is 2. The summed E-state index contributed by atoms with van der Waals surface area (Å²) >= 11 is 1.63. The van der Waals surface area contributed by atoms with Crippen molar-refractivity contribution in [3.8, 4) is 18.4 Å². The van der Waals surface area contributed by atoms with Gasteiger partial charge >= 0.3 is 0 Å². The van der Waals surface area contributed by atoms with E-state index in [0.717, 1.165) is 12.0 Å². The molecule has 0 bridgehead atoms. The topological polar surface area (TPSA) is 23.8 Å². The summed E-state index contributed by atoms with van der Waals surface area (Å²) in [7, 11) is 0. The van der Waals surface area contributed by atoms with Crippen molar-refractivity contribution in [2.45, 2.75) is 26.2 Å². The zero-order chi connectivity index (χ0) is 10.6. The number of nitrogens with zero attached hydrogens (tertiary/aromatic N) is 1. The Morgan fingerprint density at radius 1 is 1.57 bits per heavy atom. The molecular formula is C12H13NS. The van der Waals surface area contributed by atoms with Gasteiger partial charge < -0.3 is 0 Å². The van der Waals surface area contributed by atoms with E-state index in [-0.39, 0.29) is 0 Å². The number of rotatable bonds is 3. The van der Waals surface area contributed by atoms with Gasteiger partial charge in [-0.05, 0) is 12.0 Å². The predicted molar refractivity (Wildman–Crippen MR) is 60.1 cm³/mol. The maximum atomic E-state index is 8.72. The van der Waals surface area contributed by atoms with Gasteiger partial charge in [0.25, 0.3) is 0 Å². The van der Waals surface area contributed by atoms with E-state index < -0.39 is 0 Å². The maximum Gasteiger partial charge on any atom is 0.100 e. The molecule has 0 radical (unpaired) electrons. The second kappa shape index (κ2) is 4.84. The van der Waals surface area contributed by atoms with Crippen molar-refractivity contribution in [1.82, 2.24) is 0 Å². The van der Waals surface area contributed by atoms with E-state index in [1.165, 1.54) is 4.88 Å². The molecule has 0 spiro atoms. The molecule has 0 amide bonds. The molecule has 0 fully saturated rings. The SMILES string of the molecule is C#CCC(c1cc(C#N)cs1)C(C)C. The first-order valence-corrected chi connectivity index (χ1v) is 5.49. The zero-order valence-electron chi connectivity index (χ0n) is 8.45. The Morgan fingerprint density at radius 2 is 2.29 bits per heavy atom. The van der Waals surface area contributed by atoms with E-state index in [4.69, 9.17) is 11.7 Å². The Labute approximate surface area is 89.4 Å². The van der Waals surface area contributed by atoms with Crippen molar-refractivity contribution >= 4 is 11.3 Å². The molecular weight excluding hydrogens is 190 g/mol. The molecule has 1 nitrogen and oxygen atoms in total. The lowest BCUT2D eigenvalue weighted by Crippen LogP contribution is -2.03. The molecule has 0 aliphatic heterocycles. The molecule has 0 saturated heterocycles. The molecule has 1 aromatic heterocycles. The number of thiophene rings is 1. The zero-order valence-corrected chi connectivity index (χ0v) is 9.27. The Kier molecular flexibility index (Phi) is 3.74. The first-order valence-electron chi connectivity index (χ1n) is 4.61. The molecule has 1 rings (SSSR count). The van der Waals surface area contributed by atoms with Gasteiger partial charge in [-0.15, -0.1) is 23.7 Å². The molecule has 1 heterocycles. The van der Waals surface area contributed by atoms with Crippen molar-refractivity contribution in [3.05, 3.63) is 21.9 Å². The molecule has 0 aliphatic carbocycles. The van der Waals surface area contributed by atoms with Gasteiger partial charge in [-0.1, -0.05) is 13.8 Å². The van der Waals surface area contributed by atoms with E-state index in [1.807, 2.05) is 11.4 Å². The second-order valence-electron chi connectivity index (χ2n) is 3.61. The van der Waals surface area contributed by atoms with E-state index in [9.17, 15) is 0 Å². The third kappa shape index (κ3) is 2.37. The van der Waals surface area contributed by atoms with E-state index in [0.29, 0.717) is 11.8 Å². The summed E-state index contributed by atoms with van der Waals surface area (Å²) < 4.78 is 0. The van der Waals surface area contributed by atoms with Gasteiger partial charge in [-0.2, -0.15) is 5.26 Å². The molecule has 0 aromatic carbocycles. The van der Waals surface area contributed by atoms with E-state index in [2.05, 4.69) is 25.8 Å². The van der Waals surface area contributed by atoms with Gasteiger partial charge in [0.05, 0.1) is 5.56 Å².